The molecule has 0 spiro atoms. The number of nitrogens with one attached hydrogen (secondary N) is 3. The van der Waals surface area contributed by atoms with Crippen LogP contribution in [0.5, 0.6) is 0 Å². The number of hydrazine groups is 1. The molecule has 3 aromatic rings. The van der Waals surface area contributed by atoms with E-state index in [1.807, 2.05) is 0 Å². The molecule has 0 bridgehead atoms. The summed E-state index contributed by atoms with van der Waals surface area (Å²) in [7, 11) is 0. The summed E-state index contributed by atoms with van der Waals surface area (Å²) < 4.78 is 13.7. The minimum atomic E-state index is -0.331. The molecule has 3 rings (SSSR count). The fraction of sp³-hybridized carbons (Fsp3) is 0. The van der Waals surface area contributed by atoms with Crippen molar-refractivity contribution in [3.05, 3.63) is 34.7 Å². The second-order valence-corrected chi connectivity index (χ2v) is 4.78. The molecule has 7 nitrogen and oxygen atoms in total. The maximum absolute atomic E-state index is 13.1. The first-order valence-electron chi connectivity index (χ1n) is 5.57. The zero-order chi connectivity index (χ0) is 14.1. The topological polar surface area (TPSA) is 105 Å². The van der Waals surface area contributed by atoms with E-state index >= 15 is 0 Å². The Balaban J connectivity index is 2.07. The van der Waals surface area contributed by atoms with Crippen LogP contribution in [0.3, 0.4) is 0 Å². The third-order valence-electron chi connectivity index (χ3n) is 2.62. The molecule has 1 aromatic carbocycles. The number of halogens is 2. The molecular weight excluding hydrogens is 329 g/mol. The molecule has 0 unspecified atom stereocenters. The van der Waals surface area contributed by atoms with Gasteiger partial charge in [0.2, 0.25) is 5.95 Å². The Labute approximate surface area is 120 Å². The highest BCUT2D eigenvalue weighted by Crippen LogP contribution is 2.29. The SMILES string of the molecule is NNc1nc(Nc2ccc(F)cc2Br)c2cn[nH]c2n1. The Morgan fingerprint density at radius 1 is 1.30 bits per heavy atom. The lowest BCUT2D eigenvalue weighted by atomic mass is 10.3. The van der Waals surface area contributed by atoms with Gasteiger partial charge in [0.15, 0.2) is 5.65 Å². The van der Waals surface area contributed by atoms with Gasteiger partial charge in [0.1, 0.15) is 11.6 Å². The van der Waals surface area contributed by atoms with Crippen LogP contribution < -0.4 is 16.6 Å². The van der Waals surface area contributed by atoms with Crippen molar-refractivity contribution < 1.29 is 4.39 Å². The minimum Gasteiger partial charge on any atom is -0.339 e. The van der Waals surface area contributed by atoms with E-state index in [2.05, 4.69) is 46.8 Å². The van der Waals surface area contributed by atoms with E-state index in [0.717, 1.165) is 0 Å². The van der Waals surface area contributed by atoms with Crippen LogP contribution in [0.25, 0.3) is 11.0 Å². The highest BCUT2D eigenvalue weighted by atomic mass is 79.9. The van der Waals surface area contributed by atoms with Gasteiger partial charge in [0.05, 0.1) is 17.3 Å². The number of nitrogens with two attached hydrogens (primary N) is 1. The number of anilines is 3. The summed E-state index contributed by atoms with van der Waals surface area (Å²) >= 11 is 3.29. The van der Waals surface area contributed by atoms with E-state index in [1.165, 1.54) is 12.1 Å². The van der Waals surface area contributed by atoms with Crippen LogP contribution in [0.1, 0.15) is 0 Å². The Morgan fingerprint density at radius 2 is 2.15 bits per heavy atom. The molecule has 102 valence electrons. The molecular formula is C11H9BrFN7. The van der Waals surface area contributed by atoms with Crippen LogP contribution in [0.2, 0.25) is 0 Å². The van der Waals surface area contributed by atoms with Gasteiger partial charge in [-0.15, -0.1) is 0 Å². The Kier molecular flexibility index (Phi) is 3.20. The number of nitrogens with zero attached hydrogens (tertiary/aromatic N) is 3. The maximum Gasteiger partial charge on any atom is 0.241 e. The lowest BCUT2D eigenvalue weighted by Gasteiger charge is -2.09. The van der Waals surface area contributed by atoms with E-state index in [0.29, 0.717) is 27.0 Å². The number of H-pyrrole nitrogens is 1. The fourth-order valence-electron chi connectivity index (χ4n) is 1.71. The van der Waals surface area contributed by atoms with Gasteiger partial charge in [-0.3, -0.25) is 10.5 Å². The van der Waals surface area contributed by atoms with Crippen molar-refractivity contribution in [3.63, 3.8) is 0 Å². The predicted molar refractivity (Wildman–Crippen MR) is 76.9 cm³/mol. The molecule has 0 aliphatic carbocycles. The number of aromatic amines is 1. The van der Waals surface area contributed by atoms with Crippen molar-refractivity contribution in [2.45, 2.75) is 0 Å². The molecule has 2 heterocycles. The van der Waals surface area contributed by atoms with E-state index in [9.17, 15) is 4.39 Å². The van der Waals surface area contributed by atoms with Gasteiger partial charge in [-0.25, -0.2) is 10.2 Å². The van der Waals surface area contributed by atoms with Crippen LogP contribution in [0, 0.1) is 5.82 Å². The van der Waals surface area contributed by atoms with E-state index in [1.54, 1.807) is 12.3 Å². The lowest BCUT2D eigenvalue weighted by molar-refractivity contribution is 0.627. The molecule has 20 heavy (non-hydrogen) atoms. The lowest BCUT2D eigenvalue weighted by Crippen LogP contribution is -2.11. The van der Waals surface area contributed by atoms with Crippen molar-refractivity contribution >= 4 is 44.4 Å². The number of benzene rings is 1. The smallest absolute Gasteiger partial charge is 0.241 e. The largest absolute Gasteiger partial charge is 0.339 e. The zero-order valence-corrected chi connectivity index (χ0v) is 11.6. The second-order valence-electron chi connectivity index (χ2n) is 3.92. The van der Waals surface area contributed by atoms with Gasteiger partial charge in [-0.05, 0) is 34.1 Å². The first-order valence-corrected chi connectivity index (χ1v) is 6.36. The normalized spacial score (nSPS) is 10.8. The van der Waals surface area contributed by atoms with Gasteiger partial charge in [-0.1, -0.05) is 0 Å². The summed E-state index contributed by atoms with van der Waals surface area (Å²) in [6.45, 7) is 0. The summed E-state index contributed by atoms with van der Waals surface area (Å²) in [5.74, 6) is 5.74. The summed E-state index contributed by atoms with van der Waals surface area (Å²) in [6, 6.07) is 4.31. The van der Waals surface area contributed by atoms with E-state index < -0.39 is 0 Å². The zero-order valence-electron chi connectivity index (χ0n) is 9.98. The molecule has 0 radical (unpaired) electrons. The molecule has 0 saturated carbocycles. The number of fused-ring (bicyclic) bond motifs is 1. The molecule has 5 N–H and O–H groups in total. The van der Waals surface area contributed by atoms with Gasteiger partial charge >= 0.3 is 0 Å². The Hall–Kier alpha value is -2.26. The average Bonchev–Trinajstić information content (AvgIpc) is 2.90. The number of hydrogen-bond acceptors (Lipinski definition) is 6. The van der Waals surface area contributed by atoms with Crippen molar-refractivity contribution in [2.24, 2.45) is 5.84 Å². The number of rotatable bonds is 3. The molecule has 0 amide bonds. The monoisotopic (exact) mass is 337 g/mol. The summed E-state index contributed by atoms with van der Waals surface area (Å²) in [5, 5.41) is 10.4. The van der Waals surface area contributed by atoms with Crippen LogP contribution in [-0.4, -0.2) is 20.2 Å². The van der Waals surface area contributed by atoms with Crippen molar-refractivity contribution in [2.75, 3.05) is 10.7 Å². The fourth-order valence-corrected chi connectivity index (χ4v) is 2.16. The van der Waals surface area contributed by atoms with E-state index in [-0.39, 0.29) is 11.8 Å². The van der Waals surface area contributed by atoms with E-state index in [4.69, 9.17) is 5.84 Å². The average molecular weight is 338 g/mol. The number of hydrogen-bond donors (Lipinski definition) is 4. The highest BCUT2D eigenvalue weighted by Gasteiger charge is 2.11. The summed E-state index contributed by atoms with van der Waals surface area (Å²) in [5.41, 5.74) is 3.58. The molecule has 0 saturated heterocycles. The predicted octanol–water partition coefficient (Wildman–Crippen LogP) is 2.28. The highest BCUT2D eigenvalue weighted by molar-refractivity contribution is 9.10. The van der Waals surface area contributed by atoms with Crippen LogP contribution >= 0.6 is 15.9 Å². The van der Waals surface area contributed by atoms with Crippen LogP contribution in [0.4, 0.5) is 21.8 Å². The molecule has 2 aromatic heterocycles. The third kappa shape index (κ3) is 2.28. The third-order valence-corrected chi connectivity index (χ3v) is 3.28. The first kappa shape index (κ1) is 12.8. The molecule has 0 atom stereocenters. The molecule has 9 heteroatoms. The minimum absolute atomic E-state index is 0.238. The van der Waals surface area contributed by atoms with Gasteiger partial charge in [0.25, 0.3) is 0 Å². The summed E-state index contributed by atoms with van der Waals surface area (Å²) in [6.07, 6.45) is 1.59. The quantitative estimate of drug-likeness (QED) is 0.431. The first-order chi connectivity index (χ1) is 9.67. The Morgan fingerprint density at radius 3 is 2.90 bits per heavy atom. The maximum atomic E-state index is 13.1. The van der Waals surface area contributed by atoms with Crippen LogP contribution in [-0.2, 0) is 0 Å². The van der Waals surface area contributed by atoms with Gasteiger partial charge < -0.3 is 5.32 Å². The Bertz CT molecular complexity index is 773. The molecule has 0 fully saturated rings. The van der Waals surface area contributed by atoms with Crippen LogP contribution in [0.15, 0.2) is 28.9 Å². The number of nitrogen functional groups attached to an aromatic ring is 1. The van der Waals surface area contributed by atoms with Gasteiger partial charge in [-0.2, -0.15) is 15.1 Å². The van der Waals surface area contributed by atoms with Crippen molar-refractivity contribution in [1.82, 2.24) is 20.2 Å². The second kappa shape index (κ2) is 5.02. The molecule has 0 aliphatic rings. The van der Waals surface area contributed by atoms with Crippen molar-refractivity contribution in [1.29, 1.82) is 0 Å². The standard InChI is InChI=1S/C11H9BrFN7/c12-7-3-5(13)1-2-8(7)16-9-6-4-15-20-10(6)18-11(17-9)19-14/h1-4H,14H2,(H3,15,16,17,18,19,20). The summed E-state index contributed by atoms with van der Waals surface area (Å²) in [4.78, 5) is 8.33. The van der Waals surface area contributed by atoms with Gasteiger partial charge in [0, 0.05) is 4.47 Å². The molecule has 0 aliphatic heterocycles. The van der Waals surface area contributed by atoms with Crippen molar-refractivity contribution in [3.8, 4) is 0 Å². The number of aromatic nitrogens is 4.